The van der Waals surface area contributed by atoms with Crippen molar-refractivity contribution in [3.05, 3.63) is 65.4 Å². The van der Waals surface area contributed by atoms with E-state index < -0.39 is 0 Å². The third kappa shape index (κ3) is 3.26. The molecule has 1 spiro atoms. The minimum absolute atomic E-state index is 0.0152. The number of hydrogen-bond acceptors (Lipinski definition) is 6. The molecule has 0 radical (unpaired) electrons. The lowest BCUT2D eigenvalue weighted by Crippen LogP contribution is -2.61. The second-order valence-electron chi connectivity index (χ2n) is 9.35. The van der Waals surface area contributed by atoms with E-state index in [1.807, 2.05) is 11.0 Å². The number of carbonyl (C=O) groups excluding carboxylic acids is 1. The number of rotatable bonds is 5. The van der Waals surface area contributed by atoms with Gasteiger partial charge in [0.15, 0.2) is 12.2 Å². The molecule has 2 aliphatic heterocycles. The number of aryl methyl sites for hydroxylation is 1. The third-order valence-corrected chi connectivity index (χ3v) is 7.00. The minimum atomic E-state index is -0.0721. The zero-order valence-electron chi connectivity index (χ0n) is 17.6. The fraction of sp³-hybridized carbons (Fsp3) is 0.478. The molecule has 3 fully saturated rings. The number of hydrogen-bond donors (Lipinski definition) is 1. The van der Waals surface area contributed by atoms with Gasteiger partial charge in [-0.3, -0.25) is 14.8 Å². The van der Waals surface area contributed by atoms with E-state index in [4.69, 9.17) is 9.40 Å². The summed E-state index contributed by atoms with van der Waals surface area (Å²) in [5, 5.41) is 7.74. The maximum atomic E-state index is 12.9. The Labute approximate surface area is 180 Å². The van der Waals surface area contributed by atoms with Gasteiger partial charge in [0.25, 0.3) is 5.91 Å². The molecule has 1 aliphatic carbocycles. The summed E-state index contributed by atoms with van der Waals surface area (Å²) in [5.41, 5.74) is 1.93. The summed E-state index contributed by atoms with van der Waals surface area (Å²) < 4.78 is 5.34. The Kier molecular flexibility index (Phi) is 4.24. The van der Waals surface area contributed by atoms with Crippen molar-refractivity contribution in [2.45, 2.75) is 38.1 Å². The van der Waals surface area contributed by atoms with Gasteiger partial charge in [-0.05, 0) is 25.3 Å². The van der Waals surface area contributed by atoms with E-state index in [1.54, 1.807) is 6.92 Å². The van der Waals surface area contributed by atoms with Crippen LogP contribution in [0.2, 0.25) is 0 Å². The molecule has 3 aliphatic rings. The molecule has 1 amide bonds. The summed E-state index contributed by atoms with van der Waals surface area (Å²) in [6.07, 6.45) is 3.71. The summed E-state index contributed by atoms with van der Waals surface area (Å²) in [5.74, 6) is 2.96. The quantitative estimate of drug-likeness (QED) is 0.685. The van der Waals surface area contributed by atoms with Gasteiger partial charge in [0.1, 0.15) is 5.82 Å². The average Bonchev–Trinajstić information content (AvgIpc) is 3.15. The van der Waals surface area contributed by atoms with Gasteiger partial charge < -0.3 is 9.32 Å². The predicted molar refractivity (Wildman–Crippen MR) is 112 cm³/mol. The maximum Gasteiger partial charge on any atom is 0.291 e. The molecule has 31 heavy (non-hydrogen) atoms. The molecule has 1 saturated carbocycles. The second-order valence-corrected chi connectivity index (χ2v) is 9.35. The smallest absolute Gasteiger partial charge is 0.291 e. The van der Waals surface area contributed by atoms with Crippen LogP contribution in [-0.2, 0) is 6.54 Å². The molecule has 8 heteroatoms. The van der Waals surface area contributed by atoms with Gasteiger partial charge in [-0.15, -0.1) is 0 Å². The minimum Gasteiger partial charge on any atom is -0.438 e. The predicted octanol–water partition coefficient (Wildman–Crippen LogP) is 2.72. The fourth-order valence-electron chi connectivity index (χ4n) is 5.21. The number of oxazole rings is 1. The molecule has 160 valence electrons. The van der Waals surface area contributed by atoms with E-state index in [0.717, 1.165) is 31.3 Å². The van der Waals surface area contributed by atoms with Crippen LogP contribution < -0.4 is 0 Å². The number of aromatic amines is 1. The van der Waals surface area contributed by atoms with Crippen LogP contribution in [0.15, 0.2) is 41.1 Å². The Morgan fingerprint density at radius 2 is 2.03 bits per heavy atom. The topological polar surface area (TPSA) is 91.2 Å². The summed E-state index contributed by atoms with van der Waals surface area (Å²) in [6.45, 7) is 5.95. The summed E-state index contributed by atoms with van der Waals surface area (Å²) >= 11 is 0. The largest absolute Gasteiger partial charge is 0.438 e. The lowest BCUT2D eigenvalue weighted by Gasteiger charge is -2.50. The number of nitrogens with one attached hydrogen (secondary N) is 1. The van der Waals surface area contributed by atoms with Crippen LogP contribution in [0.25, 0.3) is 0 Å². The zero-order chi connectivity index (χ0) is 21.0. The number of amides is 1. The van der Waals surface area contributed by atoms with Crippen LogP contribution in [0, 0.1) is 12.3 Å². The van der Waals surface area contributed by atoms with Crippen molar-refractivity contribution in [3.63, 3.8) is 0 Å². The van der Waals surface area contributed by atoms with Gasteiger partial charge in [0, 0.05) is 50.0 Å². The normalized spacial score (nSPS) is 22.7. The maximum absolute atomic E-state index is 12.9. The van der Waals surface area contributed by atoms with Gasteiger partial charge in [-0.1, -0.05) is 30.3 Å². The second kappa shape index (κ2) is 7.02. The lowest BCUT2D eigenvalue weighted by atomic mass is 9.71. The van der Waals surface area contributed by atoms with Crippen molar-refractivity contribution in [3.8, 4) is 0 Å². The molecule has 1 atom stereocenters. The van der Waals surface area contributed by atoms with E-state index >= 15 is 0 Å². The Morgan fingerprint density at radius 1 is 1.23 bits per heavy atom. The Hall–Kier alpha value is -3.00. The van der Waals surface area contributed by atoms with Crippen molar-refractivity contribution < 1.29 is 9.21 Å². The molecule has 1 aromatic carbocycles. The Balaban J connectivity index is 1.24. The Morgan fingerprint density at radius 3 is 2.74 bits per heavy atom. The van der Waals surface area contributed by atoms with E-state index in [2.05, 4.69) is 44.3 Å². The SMILES string of the molecule is Cc1ncoc1C(=O)N1CC2(CN(Cc3ccccc3)CC2c2nc(C3CC3)n[nH]2)C1. The molecular weight excluding hydrogens is 392 g/mol. The first-order valence-electron chi connectivity index (χ1n) is 11.0. The number of likely N-dealkylation sites (tertiary alicyclic amines) is 2. The molecular formula is C23H26N6O2. The lowest BCUT2D eigenvalue weighted by molar-refractivity contribution is -0.000449. The van der Waals surface area contributed by atoms with E-state index in [1.165, 1.54) is 24.8 Å². The molecule has 0 bridgehead atoms. The molecule has 1 unspecified atom stereocenters. The van der Waals surface area contributed by atoms with Gasteiger partial charge in [-0.25, -0.2) is 9.97 Å². The molecule has 3 aromatic rings. The first kappa shape index (κ1) is 18.7. The molecule has 4 heterocycles. The van der Waals surface area contributed by atoms with Crippen molar-refractivity contribution in [2.75, 3.05) is 26.2 Å². The molecule has 8 nitrogen and oxygen atoms in total. The highest BCUT2D eigenvalue weighted by atomic mass is 16.3. The highest BCUT2D eigenvalue weighted by Gasteiger charge is 2.57. The number of benzene rings is 1. The van der Waals surface area contributed by atoms with Crippen LogP contribution in [0.4, 0.5) is 0 Å². The van der Waals surface area contributed by atoms with E-state index in [9.17, 15) is 4.79 Å². The van der Waals surface area contributed by atoms with Crippen molar-refractivity contribution in [1.29, 1.82) is 0 Å². The standard InChI is InChI=1S/C23H26N6O2/c1-15-19(31-14-24-15)22(30)29-12-23(13-29)11-28(9-16-5-3-2-4-6-16)10-18(23)21-25-20(26-27-21)17-7-8-17/h2-6,14,17-18H,7-13H2,1H3,(H,25,26,27). The van der Waals surface area contributed by atoms with Crippen molar-refractivity contribution >= 4 is 5.91 Å². The van der Waals surface area contributed by atoms with Crippen LogP contribution in [0.5, 0.6) is 0 Å². The number of carbonyl (C=O) groups is 1. The summed E-state index contributed by atoms with van der Waals surface area (Å²) in [6, 6.07) is 10.6. The highest BCUT2D eigenvalue weighted by molar-refractivity contribution is 5.93. The van der Waals surface area contributed by atoms with Crippen LogP contribution in [0.1, 0.15) is 58.1 Å². The number of nitrogens with zero attached hydrogens (tertiary/aromatic N) is 5. The van der Waals surface area contributed by atoms with Crippen LogP contribution >= 0.6 is 0 Å². The van der Waals surface area contributed by atoms with Crippen LogP contribution in [0.3, 0.4) is 0 Å². The average molecular weight is 419 g/mol. The first-order valence-corrected chi connectivity index (χ1v) is 11.0. The number of aromatic nitrogens is 4. The first-order chi connectivity index (χ1) is 15.1. The van der Waals surface area contributed by atoms with Crippen molar-refractivity contribution in [2.24, 2.45) is 5.41 Å². The van der Waals surface area contributed by atoms with E-state index in [0.29, 0.717) is 30.5 Å². The van der Waals surface area contributed by atoms with E-state index in [-0.39, 0.29) is 17.2 Å². The third-order valence-electron chi connectivity index (χ3n) is 7.00. The zero-order valence-corrected chi connectivity index (χ0v) is 17.6. The van der Waals surface area contributed by atoms with Gasteiger partial charge >= 0.3 is 0 Å². The van der Waals surface area contributed by atoms with Crippen LogP contribution in [-0.4, -0.2) is 62.1 Å². The molecule has 1 N–H and O–H groups in total. The van der Waals surface area contributed by atoms with Gasteiger partial charge in [0.05, 0.1) is 5.69 Å². The van der Waals surface area contributed by atoms with Gasteiger partial charge in [0.2, 0.25) is 5.76 Å². The molecule has 2 saturated heterocycles. The van der Waals surface area contributed by atoms with Gasteiger partial charge in [-0.2, -0.15) is 5.10 Å². The summed E-state index contributed by atoms with van der Waals surface area (Å²) in [4.78, 5) is 26.2. The summed E-state index contributed by atoms with van der Waals surface area (Å²) in [7, 11) is 0. The number of H-pyrrole nitrogens is 1. The Bertz CT molecular complexity index is 1100. The monoisotopic (exact) mass is 418 g/mol. The molecule has 2 aromatic heterocycles. The fourth-order valence-corrected chi connectivity index (χ4v) is 5.21. The highest BCUT2D eigenvalue weighted by Crippen LogP contribution is 2.49. The molecule has 6 rings (SSSR count). The van der Waals surface area contributed by atoms with Crippen molar-refractivity contribution in [1.82, 2.24) is 30.0 Å².